The zero-order valence-electron chi connectivity index (χ0n) is 18.7. The normalized spacial score (nSPS) is 15.6. The Morgan fingerprint density at radius 1 is 0.939 bits per heavy atom. The Balaban J connectivity index is 1.75. The van der Waals surface area contributed by atoms with Crippen LogP contribution in [0.15, 0.2) is 77.2 Å². The van der Waals surface area contributed by atoms with Gasteiger partial charge < -0.3 is 9.47 Å². The number of hydrogen-bond acceptors (Lipinski definition) is 6. The van der Waals surface area contributed by atoms with Gasteiger partial charge in [0.2, 0.25) is 0 Å². The number of aryl methyl sites for hydroxylation is 1. The van der Waals surface area contributed by atoms with E-state index in [4.69, 9.17) is 5.10 Å². The Hall–Kier alpha value is -3.43. The Kier molecular flexibility index (Phi) is 5.51. The van der Waals surface area contributed by atoms with Gasteiger partial charge in [-0.1, -0.05) is 48.5 Å². The number of para-hydroxylation sites is 1. The van der Waals surface area contributed by atoms with Gasteiger partial charge in [0.1, 0.15) is 0 Å². The highest BCUT2D eigenvalue weighted by molar-refractivity contribution is 7.90. The number of benzene rings is 2. The first kappa shape index (κ1) is 21.4. The first-order chi connectivity index (χ1) is 15.9. The van der Waals surface area contributed by atoms with E-state index in [9.17, 15) is 8.42 Å². The predicted molar refractivity (Wildman–Crippen MR) is 130 cm³/mol. The third-order valence-electron chi connectivity index (χ3n) is 5.93. The highest BCUT2D eigenvalue weighted by atomic mass is 32.2. The molecule has 0 bridgehead atoms. The average molecular weight is 463 g/mol. The topological polar surface area (TPSA) is 75.7 Å². The molecule has 3 heterocycles. The lowest BCUT2D eigenvalue weighted by atomic mass is 10.1. The van der Waals surface area contributed by atoms with Gasteiger partial charge in [0.05, 0.1) is 23.8 Å². The van der Waals surface area contributed by atoms with Crippen LogP contribution < -0.4 is 0 Å². The van der Waals surface area contributed by atoms with E-state index in [0.29, 0.717) is 11.2 Å². The molecule has 33 heavy (non-hydrogen) atoms. The van der Waals surface area contributed by atoms with Gasteiger partial charge in [-0.25, -0.2) is 8.96 Å². The maximum absolute atomic E-state index is 13.8. The molecule has 8 nitrogen and oxygen atoms in total. The third-order valence-corrected chi connectivity index (χ3v) is 7.53. The molecule has 9 heteroatoms. The largest absolute Gasteiger partial charge is 0.339 e. The lowest BCUT2D eigenvalue weighted by molar-refractivity contribution is 0.159. The quantitative estimate of drug-likeness (QED) is 0.427. The van der Waals surface area contributed by atoms with Crippen LogP contribution in [-0.2, 0) is 17.1 Å². The van der Waals surface area contributed by atoms with E-state index < -0.39 is 10.0 Å². The van der Waals surface area contributed by atoms with Crippen molar-refractivity contribution in [2.45, 2.75) is 5.03 Å². The fraction of sp³-hybridized carbons (Fsp3) is 0.250. The summed E-state index contributed by atoms with van der Waals surface area (Å²) in [5.74, 6) is 0. The summed E-state index contributed by atoms with van der Waals surface area (Å²) >= 11 is 0. The molecule has 0 unspecified atom stereocenters. The summed E-state index contributed by atoms with van der Waals surface area (Å²) in [6.45, 7) is 3.55. The molecule has 0 radical (unpaired) electrons. The molecule has 170 valence electrons. The second-order valence-corrected chi connectivity index (χ2v) is 10.0. The van der Waals surface area contributed by atoms with Crippen molar-refractivity contribution in [2.75, 3.05) is 33.2 Å². The highest BCUT2D eigenvalue weighted by Crippen LogP contribution is 2.35. The Morgan fingerprint density at radius 2 is 1.64 bits per heavy atom. The number of piperazine rings is 1. The summed E-state index contributed by atoms with van der Waals surface area (Å²) in [4.78, 5) is 6.42. The molecular weight excluding hydrogens is 436 g/mol. The lowest BCUT2D eigenvalue weighted by Gasteiger charge is -2.30. The van der Waals surface area contributed by atoms with Gasteiger partial charge in [-0.3, -0.25) is 5.01 Å². The zero-order valence-corrected chi connectivity index (χ0v) is 19.5. The maximum atomic E-state index is 13.8. The summed E-state index contributed by atoms with van der Waals surface area (Å²) < 4.78 is 30.7. The Bertz CT molecular complexity index is 1410. The summed E-state index contributed by atoms with van der Waals surface area (Å²) in [7, 11) is -0.0926. The predicted octanol–water partition coefficient (Wildman–Crippen LogP) is 2.86. The number of aromatic nitrogens is 3. The smallest absolute Gasteiger partial charge is 0.287 e. The number of rotatable bonds is 5. The molecular formula is C24H26N6O2S. The van der Waals surface area contributed by atoms with Crippen molar-refractivity contribution in [3.05, 3.63) is 72.7 Å². The fourth-order valence-electron chi connectivity index (χ4n) is 4.15. The van der Waals surface area contributed by atoms with Crippen LogP contribution >= 0.6 is 0 Å². The number of nitrogens with zero attached hydrogens (tertiary/aromatic N) is 6. The van der Waals surface area contributed by atoms with E-state index >= 15 is 0 Å². The lowest BCUT2D eigenvalue weighted by Crippen LogP contribution is -2.41. The summed E-state index contributed by atoms with van der Waals surface area (Å²) in [6, 6.07) is 17.1. The molecule has 1 aliphatic heterocycles. The van der Waals surface area contributed by atoms with Gasteiger partial charge in [-0.05, 0) is 18.7 Å². The summed E-state index contributed by atoms with van der Waals surface area (Å²) in [5, 5.41) is 7.62. The van der Waals surface area contributed by atoms with Crippen LogP contribution in [0.3, 0.4) is 0 Å². The van der Waals surface area contributed by atoms with Gasteiger partial charge in [-0.15, -0.1) is 0 Å². The van der Waals surface area contributed by atoms with Crippen molar-refractivity contribution in [1.82, 2.24) is 23.4 Å². The van der Waals surface area contributed by atoms with Crippen molar-refractivity contribution in [2.24, 2.45) is 12.1 Å². The van der Waals surface area contributed by atoms with E-state index in [1.54, 1.807) is 17.8 Å². The first-order valence-electron chi connectivity index (χ1n) is 10.8. The van der Waals surface area contributed by atoms with E-state index in [1.165, 1.54) is 16.5 Å². The number of imidazole rings is 1. The zero-order chi connectivity index (χ0) is 23.0. The molecule has 0 atom stereocenters. The SMILES string of the molecule is CN1CCN(N=Cc2c(-c3ccccc3)n(S(=O)(=O)c3cn(C)cn3)c3ccccc23)CC1. The molecule has 0 aliphatic carbocycles. The molecule has 2 aromatic carbocycles. The number of hydrogen-bond donors (Lipinski definition) is 0. The second kappa shape index (κ2) is 8.49. The van der Waals surface area contributed by atoms with Gasteiger partial charge in [0.15, 0.2) is 5.03 Å². The van der Waals surface area contributed by atoms with Gasteiger partial charge in [0.25, 0.3) is 10.0 Å². The van der Waals surface area contributed by atoms with Crippen molar-refractivity contribution in [1.29, 1.82) is 0 Å². The fourth-order valence-corrected chi connectivity index (χ4v) is 5.68. The van der Waals surface area contributed by atoms with Crippen LogP contribution in [0.4, 0.5) is 0 Å². The molecule has 0 saturated carbocycles. The minimum absolute atomic E-state index is 0.00508. The van der Waals surface area contributed by atoms with Crippen LogP contribution in [0.1, 0.15) is 5.56 Å². The summed E-state index contributed by atoms with van der Waals surface area (Å²) in [5.41, 5.74) is 2.76. The molecule has 0 N–H and O–H groups in total. The Labute approximate surface area is 193 Å². The van der Waals surface area contributed by atoms with Crippen LogP contribution in [0.5, 0.6) is 0 Å². The van der Waals surface area contributed by atoms with E-state index in [-0.39, 0.29) is 5.03 Å². The monoisotopic (exact) mass is 462 g/mol. The van der Waals surface area contributed by atoms with Crippen LogP contribution in [0.25, 0.3) is 22.2 Å². The molecule has 0 spiro atoms. The van der Waals surface area contributed by atoms with Gasteiger partial charge in [-0.2, -0.15) is 13.5 Å². The average Bonchev–Trinajstić information content (AvgIpc) is 3.41. The third kappa shape index (κ3) is 3.94. The molecule has 1 saturated heterocycles. The molecule has 5 rings (SSSR count). The van der Waals surface area contributed by atoms with Crippen molar-refractivity contribution >= 4 is 27.1 Å². The molecule has 0 amide bonds. The van der Waals surface area contributed by atoms with Crippen LogP contribution in [0, 0.1) is 0 Å². The Morgan fingerprint density at radius 3 is 2.33 bits per heavy atom. The van der Waals surface area contributed by atoms with Crippen LogP contribution in [0.2, 0.25) is 0 Å². The minimum Gasteiger partial charge on any atom is -0.339 e. The van der Waals surface area contributed by atoms with E-state index in [2.05, 4.69) is 16.9 Å². The first-order valence-corrected chi connectivity index (χ1v) is 12.3. The van der Waals surface area contributed by atoms with Gasteiger partial charge >= 0.3 is 0 Å². The second-order valence-electron chi connectivity index (χ2n) is 8.29. The molecule has 1 fully saturated rings. The molecule has 4 aromatic rings. The maximum Gasteiger partial charge on any atom is 0.287 e. The van der Waals surface area contributed by atoms with Crippen molar-refractivity contribution in [3.63, 3.8) is 0 Å². The van der Waals surface area contributed by atoms with E-state index in [1.807, 2.05) is 59.6 Å². The minimum atomic E-state index is -3.95. The number of hydrazone groups is 1. The number of fused-ring (bicyclic) bond motifs is 1. The molecule has 1 aliphatic rings. The van der Waals surface area contributed by atoms with Gasteiger partial charge in [0, 0.05) is 50.4 Å². The standard InChI is InChI=1S/C24H26N6O2S/c1-27-12-14-29(15-13-27)26-16-21-20-10-6-7-11-22(20)30(24(21)19-8-4-3-5-9-19)33(31,32)23-17-28(2)18-25-23/h3-11,16-18H,12-15H2,1-2H3. The van der Waals surface area contributed by atoms with Crippen LogP contribution in [-0.4, -0.2) is 71.3 Å². The van der Waals surface area contributed by atoms with E-state index in [0.717, 1.165) is 42.7 Å². The highest BCUT2D eigenvalue weighted by Gasteiger charge is 2.29. The molecule has 2 aromatic heterocycles. The van der Waals surface area contributed by atoms with Crippen molar-refractivity contribution < 1.29 is 8.42 Å². The summed E-state index contributed by atoms with van der Waals surface area (Å²) in [6.07, 6.45) is 4.83. The number of likely N-dealkylation sites (N-methyl/N-ethyl adjacent to an activating group) is 1. The van der Waals surface area contributed by atoms with Crippen molar-refractivity contribution in [3.8, 4) is 11.3 Å².